The molecule has 0 bridgehead atoms. The number of hydrogen-bond donors (Lipinski definition) is 2. The van der Waals surface area contributed by atoms with Gasteiger partial charge in [0.2, 0.25) is 0 Å². The van der Waals surface area contributed by atoms with Crippen LogP contribution in [0.3, 0.4) is 0 Å². The fourth-order valence-corrected chi connectivity index (χ4v) is 4.56. The summed E-state index contributed by atoms with van der Waals surface area (Å²) in [6.45, 7) is 7.59. The molecule has 0 saturated carbocycles. The van der Waals surface area contributed by atoms with Crippen LogP contribution in [-0.2, 0) is 17.6 Å². The summed E-state index contributed by atoms with van der Waals surface area (Å²) in [7, 11) is 0. The lowest BCUT2D eigenvalue weighted by atomic mass is 9.73. The number of thiazole rings is 1. The molecule has 24 heavy (non-hydrogen) atoms. The summed E-state index contributed by atoms with van der Waals surface area (Å²) in [6.07, 6.45) is 3.65. The largest absolute Gasteiger partial charge is 0.481 e. The van der Waals surface area contributed by atoms with Gasteiger partial charge in [-0.2, -0.15) is 0 Å². The summed E-state index contributed by atoms with van der Waals surface area (Å²) < 4.78 is 0. The van der Waals surface area contributed by atoms with Crippen LogP contribution < -0.4 is 5.32 Å². The van der Waals surface area contributed by atoms with Crippen molar-refractivity contribution in [1.29, 1.82) is 0 Å². The zero-order chi connectivity index (χ0) is 17.5. The number of aliphatic carboxylic acids is 1. The molecule has 0 aromatic carbocycles. The number of nitrogens with one attached hydrogen (secondary N) is 1. The van der Waals surface area contributed by atoms with Crippen LogP contribution in [0.4, 0.5) is 9.93 Å². The molecular weight excluding hydrogens is 326 g/mol. The Morgan fingerprint density at radius 2 is 2.08 bits per heavy atom. The third-order valence-corrected chi connectivity index (χ3v) is 6.24. The molecule has 7 heteroatoms. The van der Waals surface area contributed by atoms with E-state index in [0.29, 0.717) is 24.0 Å². The third kappa shape index (κ3) is 3.55. The minimum Gasteiger partial charge on any atom is -0.481 e. The molecule has 3 rings (SSSR count). The van der Waals surface area contributed by atoms with E-state index in [2.05, 4.69) is 31.1 Å². The molecule has 1 aromatic heterocycles. The Bertz CT molecular complexity index is 650. The maximum atomic E-state index is 12.3. The molecule has 2 unspecified atom stereocenters. The van der Waals surface area contributed by atoms with E-state index in [4.69, 9.17) is 5.11 Å². The van der Waals surface area contributed by atoms with Gasteiger partial charge in [-0.15, -0.1) is 11.3 Å². The van der Waals surface area contributed by atoms with Gasteiger partial charge in [0, 0.05) is 18.0 Å². The van der Waals surface area contributed by atoms with Crippen molar-refractivity contribution >= 4 is 28.5 Å². The second kappa shape index (κ2) is 6.35. The van der Waals surface area contributed by atoms with E-state index in [0.717, 1.165) is 25.0 Å². The van der Waals surface area contributed by atoms with Crippen molar-refractivity contribution in [3.8, 4) is 0 Å². The molecule has 2 N–H and O–H groups in total. The molecule has 132 valence electrons. The molecule has 2 heterocycles. The Hall–Kier alpha value is -1.63. The molecule has 1 fully saturated rings. The van der Waals surface area contributed by atoms with Crippen molar-refractivity contribution in [2.24, 2.45) is 17.3 Å². The summed E-state index contributed by atoms with van der Waals surface area (Å²) in [6, 6.07) is -0.239. The molecule has 0 spiro atoms. The first kappa shape index (κ1) is 17.2. The molecule has 6 nitrogen and oxygen atoms in total. The standard InChI is InChI=1S/C17H25N3O3S/c1-17(2,3)11-4-5-12-13(8-11)24-15(18-12)19-16(23)20-7-6-10(9-20)14(21)22/h10-11H,4-9H2,1-3H3,(H,21,22)(H,18,19,23). The molecule has 1 aromatic rings. The van der Waals surface area contributed by atoms with Crippen molar-refractivity contribution in [1.82, 2.24) is 9.88 Å². The van der Waals surface area contributed by atoms with Gasteiger partial charge in [0.1, 0.15) is 0 Å². The monoisotopic (exact) mass is 351 g/mol. The van der Waals surface area contributed by atoms with E-state index in [1.54, 1.807) is 16.2 Å². The van der Waals surface area contributed by atoms with Crippen molar-refractivity contribution in [2.45, 2.75) is 46.5 Å². The van der Waals surface area contributed by atoms with Crippen molar-refractivity contribution in [3.05, 3.63) is 10.6 Å². The smallest absolute Gasteiger partial charge is 0.323 e. The number of hydrogen-bond acceptors (Lipinski definition) is 4. The molecule has 2 atom stereocenters. The van der Waals surface area contributed by atoms with Gasteiger partial charge in [0.25, 0.3) is 0 Å². The second-order valence-corrected chi connectivity index (χ2v) is 8.98. The average Bonchev–Trinajstić information content (AvgIpc) is 3.11. The molecule has 1 saturated heterocycles. The molecule has 1 aliphatic heterocycles. The van der Waals surface area contributed by atoms with Crippen molar-refractivity contribution < 1.29 is 14.7 Å². The molecule has 2 amide bonds. The summed E-state index contributed by atoms with van der Waals surface area (Å²) in [5, 5.41) is 12.5. The van der Waals surface area contributed by atoms with Crippen LogP contribution in [0.5, 0.6) is 0 Å². The first-order valence-corrected chi connectivity index (χ1v) is 9.33. The van der Waals surface area contributed by atoms with Gasteiger partial charge in [-0.25, -0.2) is 9.78 Å². The molecule has 1 aliphatic carbocycles. The van der Waals surface area contributed by atoms with Crippen LogP contribution in [-0.4, -0.2) is 40.1 Å². The molecular formula is C17H25N3O3S. The predicted octanol–water partition coefficient (Wildman–Crippen LogP) is 3.23. The zero-order valence-electron chi connectivity index (χ0n) is 14.5. The van der Waals surface area contributed by atoms with Gasteiger partial charge in [0.15, 0.2) is 5.13 Å². The lowest BCUT2D eigenvalue weighted by Gasteiger charge is -2.33. The number of likely N-dealkylation sites (tertiary alicyclic amines) is 1. The van der Waals surface area contributed by atoms with E-state index < -0.39 is 11.9 Å². The van der Waals surface area contributed by atoms with E-state index in [1.807, 2.05) is 0 Å². The fraction of sp³-hybridized carbons (Fsp3) is 0.706. The van der Waals surface area contributed by atoms with Crippen LogP contribution in [0, 0.1) is 17.3 Å². The van der Waals surface area contributed by atoms with Gasteiger partial charge in [0.05, 0.1) is 11.6 Å². The van der Waals surface area contributed by atoms with Crippen LogP contribution in [0.1, 0.15) is 44.2 Å². The average molecular weight is 351 g/mol. The molecule has 0 radical (unpaired) electrons. The summed E-state index contributed by atoms with van der Waals surface area (Å²) >= 11 is 1.56. The Labute approximate surface area is 146 Å². The zero-order valence-corrected chi connectivity index (χ0v) is 15.3. The Morgan fingerprint density at radius 3 is 2.71 bits per heavy atom. The SMILES string of the molecule is CC(C)(C)C1CCc2nc(NC(=O)N3CCC(C(=O)O)C3)sc2C1. The highest BCUT2D eigenvalue weighted by molar-refractivity contribution is 7.15. The molecule has 2 aliphatic rings. The number of aromatic nitrogens is 1. The summed E-state index contributed by atoms with van der Waals surface area (Å²) in [5.74, 6) is -0.639. The predicted molar refractivity (Wildman–Crippen MR) is 93.4 cm³/mol. The van der Waals surface area contributed by atoms with Gasteiger partial charge in [-0.1, -0.05) is 20.8 Å². The quantitative estimate of drug-likeness (QED) is 0.857. The van der Waals surface area contributed by atoms with E-state index in [1.165, 1.54) is 4.88 Å². The maximum absolute atomic E-state index is 12.3. The Kier molecular flexibility index (Phi) is 4.55. The number of urea groups is 1. The second-order valence-electron chi connectivity index (χ2n) is 7.89. The maximum Gasteiger partial charge on any atom is 0.323 e. The topological polar surface area (TPSA) is 82.5 Å². The van der Waals surface area contributed by atoms with Crippen LogP contribution in [0.2, 0.25) is 0 Å². The highest BCUT2D eigenvalue weighted by Gasteiger charge is 2.33. The Balaban J connectivity index is 1.63. The highest BCUT2D eigenvalue weighted by Crippen LogP contribution is 2.40. The normalized spacial score (nSPS) is 23.9. The lowest BCUT2D eigenvalue weighted by Crippen LogP contribution is -2.33. The third-order valence-electron chi connectivity index (χ3n) is 5.20. The number of amides is 2. The lowest BCUT2D eigenvalue weighted by molar-refractivity contribution is -0.141. The van der Waals surface area contributed by atoms with Gasteiger partial charge < -0.3 is 10.0 Å². The number of anilines is 1. The number of rotatable bonds is 2. The number of aryl methyl sites for hydroxylation is 1. The van der Waals surface area contributed by atoms with Gasteiger partial charge in [-0.3, -0.25) is 10.1 Å². The van der Waals surface area contributed by atoms with E-state index in [-0.39, 0.29) is 18.0 Å². The number of carbonyl (C=O) groups excluding carboxylic acids is 1. The number of carboxylic acid groups (broad SMARTS) is 1. The summed E-state index contributed by atoms with van der Waals surface area (Å²) in [5.41, 5.74) is 1.40. The van der Waals surface area contributed by atoms with Gasteiger partial charge >= 0.3 is 12.0 Å². The van der Waals surface area contributed by atoms with Crippen LogP contribution >= 0.6 is 11.3 Å². The first-order chi connectivity index (χ1) is 11.2. The minimum atomic E-state index is -0.830. The number of carbonyl (C=O) groups is 2. The highest BCUT2D eigenvalue weighted by atomic mass is 32.1. The van der Waals surface area contributed by atoms with Crippen LogP contribution in [0.15, 0.2) is 0 Å². The van der Waals surface area contributed by atoms with E-state index in [9.17, 15) is 9.59 Å². The number of carboxylic acids is 1. The van der Waals surface area contributed by atoms with Crippen molar-refractivity contribution in [3.63, 3.8) is 0 Å². The number of fused-ring (bicyclic) bond motifs is 1. The Morgan fingerprint density at radius 1 is 1.33 bits per heavy atom. The first-order valence-electron chi connectivity index (χ1n) is 8.51. The fourth-order valence-electron chi connectivity index (χ4n) is 3.48. The summed E-state index contributed by atoms with van der Waals surface area (Å²) in [4.78, 5) is 30.7. The van der Waals surface area contributed by atoms with E-state index >= 15 is 0 Å². The van der Waals surface area contributed by atoms with Crippen LogP contribution in [0.25, 0.3) is 0 Å². The number of nitrogens with zero attached hydrogens (tertiary/aromatic N) is 2. The minimum absolute atomic E-state index is 0.239. The van der Waals surface area contributed by atoms with Gasteiger partial charge in [-0.05, 0) is 37.0 Å². The van der Waals surface area contributed by atoms with Crippen molar-refractivity contribution in [2.75, 3.05) is 18.4 Å².